The molecule has 23 heavy (non-hydrogen) atoms. The number of hydrogen-bond acceptors (Lipinski definition) is 4. The molecule has 0 radical (unpaired) electrons. The smallest absolute Gasteiger partial charge is 0.257 e. The second kappa shape index (κ2) is 6.31. The summed E-state index contributed by atoms with van der Waals surface area (Å²) in [5, 5.41) is 2.73. The number of nitrogens with one attached hydrogen (secondary N) is 2. The summed E-state index contributed by atoms with van der Waals surface area (Å²) in [7, 11) is 1.47. The number of methoxy groups -OCH3 is 1. The molecule has 2 heterocycles. The Morgan fingerprint density at radius 3 is 2.74 bits per heavy atom. The second-order valence-corrected chi connectivity index (χ2v) is 4.95. The SMILES string of the molecule is COc1ccc2[nH]cc(C(=O)NCc3ccccc3)c(=O)c2n1. The van der Waals surface area contributed by atoms with E-state index in [1.807, 2.05) is 30.3 Å². The van der Waals surface area contributed by atoms with Crippen LogP contribution in [0.5, 0.6) is 5.88 Å². The number of aromatic amines is 1. The van der Waals surface area contributed by atoms with Crippen molar-refractivity contribution in [1.82, 2.24) is 15.3 Å². The van der Waals surface area contributed by atoms with Gasteiger partial charge in [0, 0.05) is 18.8 Å². The maximum Gasteiger partial charge on any atom is 0.257 e. The number of ether oxygens (including phenoxy) is 1. The number of nitrogens with zero attached hydrogens (tertiary/aromatic N) is 1. The fourth-order valence-corrected chi connectivity index (χ4v) is 2.23. The van der Waals surface area contributed by atoms with Gasteiger partial charge in [-0.15, -0.1) is 0 Å². The minimum absolute atomic E-state index is 0.0224. The Morgan fingerprint density at radius 2 is 2.00 bits per heavy atom. The molecule has 2 N–H and O–H groups in total. The highest BCUT2D eigenvalue weighted by Crippen LogP contribution is 2.12. The van der Waals surface area contributed by atoms with Crippen molar-refractivity contribution in [3.8, 4) is 5.88 Å². The molecule has 0 saturated heterocycles. The molecule has 0 atom stereocenters. The molecule has 0 aliphatic heterocycles. The standard InChI is InChI=1S/C17H15N3O3/c1-23-14-8-7-13-15(20-14)16(21)12(10-18-13)17(22)19-9-11-5-3-2-4-6-11/h2-8,10H,9H2,1H3,(H,18,21)(H,19,22). The van der Waals surface area contributed by atoms with Gasteiger partial charge in [0.15, 0.2) is 0 Å². The first-order valence-corrected chi connectivity index (χ1v) is 7.07. The molecule has 0 aliphatic carbocycles. The van der Waals surface area contributed by atoms with Gasteiger partial charge in [-0.3, -0.25) is 9.59 Å². The topological polar surface area (TPSA) is 84.1 Å². The maximum atomic E-state index is 12.5. The van der Waals surface area contributed by atoms with Crippen molar-refractivity contribution < 1.29 is 9.53 Å². The largest absolute Gasteiger partial charge is 0.481 e. The van der Waals surface area contributed by atoms with Gasteiger partial charge >= 0.3 is 0 Å². The van der Waals surface area contributed by atoms with Gasteiger partial charge in [0.25, 0.3) is 5.91 Å². The second-order valence-electron chi connectivity index (χ2n) is 4.95. The molecule has 6 heteroatoms. The van der Waals surface area contributed by atoms with Gasteiger partial charge in [0.1, 0.15) is 11.1 Å². The van der Waals surface area contributed by atoms with Crippen molar-refractivity contribution in [1.29, 1.82) is 0 Å². The zero-order chi connectivity index (χ0) is 16.2. The average Bonchev–Trinajstić information content (AvgIpc) is 2.60. The molecule has 116 valence electrons. The molecule has 1 amide bonds. The van der Waals surface area contributed by atoms with Crippen molar-refractivity contribution in [2.45, 2.75) is 6.54 Å². The van der Waals surface area contributed by atoms with Crippen molar-refractivity contribution in [3.63, 3.8) is 0 Å². The van der Waals surface area contributed by atoms with Crippen LogP contribution >= 0.6 is 0 Å². The lowest BCUT2D eigenvalue weighted by atomic mass is 10.2. The summed E-state index contributed by atoms with van der Waals surface area (Å²) in [5.41, 5.74) is 1.28. The molecule has 0 aliphatic rings. The highest BCUT2D eigenvalue weighted by atomic mass is 16.5. The van der Waals surface area contributed by atoms with E-state index >= 15 is 0 Å². The Balaban J connectivity index is 1.88. The number of amides is 1. The van der Waals surface area contributed by atoms with Crippen LogP contribution < -0.4 is 15.5 Å². The Morgan fingerprint density at radius 1 is 1.22 bits per heavy atom. The van der Waals surface area contributed by atoms with Gasteiger partial charge in [-0.2, -0.15) is 0 Å². The molecular formula is C17H15N3O3. The number of H-pyrrole nitrogens is 1. The van der Waals surface area contributed by atoms with Gasteiger partial charge in [-0.25, -0.2) is 4.98 Å². The number of carbonyl (C=O) groups excluding carboxylic acids is 1. The lowest BCUT2D eigenvalue weighted by molar-refractivity contribution is 0.0949. The fraction of sp³-hybridized carbons (Fsp3) is 0.118. The van der Waals surface area contributed by atoms with E-state index in [-0.39, 0.29) is 11.1 Å². The number of benzene rings is 1. The number of rotatable bonds is 4. The molecule has 0 bridgehead atoms. The summed E-state index contributed by atoms with van der Waals surface area (Å²) in [5.74, 6) is -0.119. The van der Waals surface area contributed by atoms with E-state index < -0.39 is 11.3 Å². The van der Waals surface area contributed by atoms with Gasteiger partial charge in [0.05, 0.1) is 12.6 Å². The van der Waals surface area contributed by atoms with E-state index in [4.69, 9.17) is 4.74 Å². The van der Waals surface area contributed by atoms with E-state index in [1.165, 1.54) is 13.3 Å². The molecule has 0 unspecified atom stereocenters. The monoisotopic (exact) mass is 309 g/mol. The third-order valence-corrected chi connectivity index (χ3v) is 3.45. The molecular weight excluding hydrogens is 294 g/mol. The van der Waals surface area contributed by atoms with Crippen LogP contribution in [0.3, 0.4) is 0 Å². The average molecular weight is 309 g/mol. The fourth-order valence-electron chi connectivity index (χ4n) is 2.23. The molecule has 0 saturated carbocycles. The van der Waals surface area contributed by atoms with E-state index in [1.54, 1.807) is 12.1 Å². The van der Waals surface area contributed by atoms with Gasteiger partial charge in [0.2, 0.25) is 11.3 Å². The summed E-state index contributed by atoms with van der Waals surface area (Å²) in [4.78, 5) is 31.7. The molecule has 0 spiro atoms. The van der Waals surface area contributed by atoms with Gasteiger partial charge in [-0.1, -0.05) is 30.3 Å². The van der Waals surface area contributed by atoms with E-state index in [2.05, 4.69) is 15.3 Å². The Kier molecular flexibility index (Phi) is 4.05. The third kappa shape index (κ3) is 3.06. The van der Waals surface area contributed by atoms with Crippen molar-refractivity contribution >= 4 is 16.9 Å². The Hall–Kier alpha value is -3.15. The number of aromatic nitrogens is 2. The van der Waals surface area contributed by atoms with Crippen LogP contribution in [-0.4, -0.2) is 23.0 Å². The number of hydrogen-bond donors (Lipinski definition) is 2. The quantitative estimate of drug-likeness (QED) is 0.770. The summed E-state index contributed by atoms with van der Waals surface area (Å²) in [6, 6.07) is 12.8. The first-order valence-electron chi connectivity index (χ1n) is 7.07. The van der Waals surface area contributed by atoms with Crippen LogP contribution in [0.2, 0.25) is 0 Å². The van der Waals surface area contributed by atoms with Gasteiger partial charge < -0.3 is 15.0 Å². The first-order chi connectivity index (χ1) is 11.2. The molecule has 3 rings (SSSR count). The van der Waals surface area contributed by atoms with E-state index in [9.17, 15) is 9.59 Å². The first kappa shape index (κ1) is 14.8. The molecule has 6 nitrogen and oxygen atoms in total. The van der Waals surface area contributed by atoms with Crippen LogP contribution in [0, 0.1) is 0 Å². The summed E-state index contributed by atoms with van der Waals surface area (Å²) >= 11 is 0. The van der Waals surface area contributed by atoms with Crippen molar-refractivity contribution in [2.24, 2.45) is 0 Å². The van der Waals surface area contributed by atoms with E-state index in [0.29, 0.717) is 17.9 Å². The molecule has 2 aromatic heterocycles. The Bertz CT molecular complexity index is 904. The van der Waals surface area contributed by atoms with Crippen molar-refractivity contribution in [3.05, 3.63) is 70.0 Å². The third-order valence-electron chi connectivity index (χ3n) is 3.45. The Labute approximate surface area is 132 Å². The van der Waals surface area contributed by atoms with E-state index in [0.717, 1.165) is 5.56 Å². The normalized spacial score (nSPS) is 10.5. The highest BCUT2D eigenvalue weighted by molar-refractivity contribution is 5.96. The van der Waals surface area contributed by atoms with Crippen LogP contribution in [0.4, 0.5) is 0 Å². The van der Waals surface area contributed by atoms with Crippen LogP contribution in [0.15, 0.2) is 53.5 Å². The number of fused-ring (bicyclic) bond motifs is 1. The maximum absolute atomic E-state index is 12.5. The van der Waals surface area contributed by atoms with Crippen LogP contribution in [-0.2, 0) is 6.54 Å². The lowest BCUT2D eigenvalue weighted by Gasteiger charge is -2.06. The minimum Gasteiger partial charge on any atom is -0.481 e. The molecule has 1 aromatic carbocycles. The zero-order valence-corrected chi connectivity index (χ0v) is 12.5. The minimum atomic E-state index is -0.443. The lowest BCUT2D eigenvalue weighted by Crippen LogP contribution is -2.28. The predicted molar refractivity (Wildman–Crippen MR) is 86.5 cm³/mol. The molecule has 0 fully saturated rings. The van der Waals surface area contributed by atoms with Crippen LogP contribution in [0.25, 0.3) is 11.0 Å². The zero-order valence-electron chi connectivity index (χ0n) is 12.5. The van der Waals surface area contributed by atoms with Gasteiger partial charge in [-0.05, 0) is 11.6 Å². The number of pyridine rings is 2. The number of carbonyl (C=O) groups is 1. The van der Waals surface area contributed by atoms with Crippen molar-refractivity contribution in [2.75, 3.05) is 7.11 Å². The highest BCUT2D eigenvalue weighted by Gasteiger charge is 2.14. The molecule has 3 aromatic rings. The van der Waals surface area contributed by atoms with Crippen LogP contribution in [0.1, 0.15) is 15.9 Å². The summed E-state index contributed by atoms with van der Waals surface area (Å²) in [6.07, 6.45) is 1.40. The summed E-state index contributed by atoms with van der Waals surface area (Å²) in [6.45, 7) is 0.350. The predicted octanol–water partition coefficient (Wildman–Crippen LogP) is 1.86. The summed E-state index contributed by atoms with van der Waals surface area (Å²) < 4.78 is 5.02.